The maximum atomic E-state index is 2.48. The molecule has 2 rings (SSSR count). The van der Waals surface area contributed by atoms with Gasteiger partial charge in [-0.05, 0) is 51.6 Å². The van der Waals surface area contributed by atoms with Gasteiger partial charge in [-0.1, -0.05) is 11.6 Å². The number of nitrogens with zero attached hydrogens (tertiary/aromatic N) is 1. The second-order valence-corrected chi connectivity index (χ2v) is 4.44. The molecule has 0 aromatic heterocycles. The molecule has 1 nitrogen and oxygen atoms in total. The zero-order valence-electron chi connectivity index (χ0n) is 8.21. The fourth-order valence-electron chi connectivity index (χ4n) is 2.70. The fraction of sp³-hybridized carbons (Fsp3) is 0.818. The van der Waals surface area contributed by atoms with Gasteiger partial charge >= 0.3 is 0 Å². The zero-order chi connectivity index (χ0) is 8.55. The van der Waals surface area contributed by atoms with E-state index in [1.807, 2.05) is 0 Å². The molecule has 0 saturated carbocycles. The highest BCUT2D eigenvalue weighted by Gasteiger charge is 2.29. The van der Waals surface area contributed by atoms with Crippen molar-refractivity contribution in [2.24, 2.45) is 11.8 Å². The predicted octanol–water partition coefficient (Wildman–Crippen LogP) is 2.29. The number of hydrogen-bond acceptors (Lipinski definition) is 1. The minimum absolute atomic E-state index is 0.887. The highest BCUT2D eigenvalue weighted by atomic mass is 15.1. The maximum Gasteiger partial charge on any atom is 0.00465 e. The van der Waals surface area contributed by atoms with Crippen LogP contribution in [0.15, 0.2) is 11.6 Å². The van der Waals surface area contributed by atoms with Crippen LogP contribution in [0.4, 0.5) is 0 Å². The van der Waals surface area contributed by atoms with Crippen LogP contribution in [-0.4, -0.2) is 25.0 Å². The first-order chi connectivity index (χ1) is 5.77. The average Bonchev–Trinajstić information content (AvgIpc) is 2.07. The normalized spacial score (nSPS) is 37.3. The van der Waals surface area contributed by atoms with Gasteiger partial charge in [0, 0.05) is 6.54 Å². The molecule has 12 heavy (non-hydrogen) atoms. The van der Waals surface area contributed by atoms with Crippen LogP contribution in [0.2, 0.25) is 0 Å². The first-order valence-electron chi connectivity index (χ1n) is 5.12. The topological polar surface area (TPSA) is 3.24 Å². The summed E-state index contributed by atoms with van der Waals surface area (Å²) in [6, 6.07) is 0. The molecule has 1 heterocycles. The molecule has 0 bridgehead atoms. The lowest BCUT2D eigenvalue weighted by Crippen LogP contribution is -2.39. The summed E-state index contributed by atoms with van der Waals surface area (Å²) < 4.78 is 0. The van der Waals surface area contributed by atoms with Crippen LogP contribution in [0.3, 0.4) is 0 Å². The maximum absolute atomic E-state index is 2.48. The van der Waals surface area contributed by atoms with Crippen LogP contribution in [-0.2, 0) is 0 Å². The molecular formula is C11H19N. The van der Waals surface area contributed by atoms with Crippen molar-refractivity contribution in [2.75, 3.05) is 20.1 Å². The van der Waals surface area contributed by atoms with Gasteiger partial charge in [0.05, 0.1) is 0 Å². The Morgan fingerprint density at radius 3 is 3.08 bits per heavy atom. The first-order valence-corrected chi connectivity index (χ1v) is 5.12. The van der Waals surface area contributed by atoms with Gasteiger partial charge in [0.15, 0.2) is 0 Å². The Bertz CT molecular complexity index is 195. The Morgan fingerprint density at radius 2 is 2.25 bits per heavy atom. The molecule has 0 radical (unpaired) electrons. The van der Waals surface area contributed by atoms with Crippen molar-refractivity contribution in [3.05, 3.63) is 11.6 Å². The lowest BCUT2D eigenvalue weighted by atomic mass is 9.75. The summed E-state index contributed by atoms with van der Waals surface area (Å²) >= 11 is 0. The summed E-state index contributed by atoms with van der Waals surface area (Å²) in [6.45, 7) is 4.93. The summed E-state index contributed by atoms with van der Waals surface area (Å²) in [5.41, 5.74) is 1.65. The van der Waals surface area contributed by atoms with Crippen LogP contribution in [0, 0.1) is 11.8 Å². The van der Waals surface area contributed by atoms with Crippen LogP contribution >= 0.6 is 0 Å². The summed E-state index contributed by atoms with van der Waals surface area (Å²) in [4.78, 5) is 2.48. The Morgan fingerprint density at radius 1 is 1.42 bits per heavy atom. The SMILES string of the molecule is CC1=CCCC2CCN(C)CC12. The second kappa shape index (κ2) is 3.21. The first kappa shape index (κ1) is 8.31. The van der Waals surface area contributed by atoms with Crippen molar-refractivity contribution in [3.8, 4) is 0 Å². The number of likely N-dealkylation sites (tertiary alicyclic amines) is 1. The van der Waals surface area contributed by atoms with E-state index in [2.05, 4.69) is 24.9 Å². The van der Waals surface area contributed by atoms with Gasteiger partial charge in [-0.3, -0.25) is 0 Å². The standard InChI is InChI=1S/C11H19N/c1-9-4-3-5-10-6-7-12(2)8-11(9)10/h4,10-11H,3,5-8H2,1-2H3. The van der Waals surface area contributed by atoms with Crippen LogP contribution in [0.25, 0.3) is 0 Å². The van der Waals surface area contributed by atoms with Crippen molar-refractivity contribution >= 4 is 0 Å². The van der Waals surface area contributed by atoms with E-state index in [-0.39, 0.29) is 0 Å². The molecule has 2 unspecified atom stereocenters. The predicted molar refractivity (Wildman–Crippen MR) is 52.1 cm³/mol. The Labute approximate surface area is 75.4 Å². The summed E-state index contributed by atoms with van der Waals surface area (Å²) in [5, 5.41) is 0. The summed E-state index contributed by atoms with van der Waals surface area (Å²) in [6.07, 6.45) is 6.64. The van der Waals surface area contributed by atoms with Gasteiger partial charge in [0.2, 0.25) is 0 Å². The fourth-order valence-corrected chi connectivity index (χ4v) is 2.70. The summed E-state index contributed by atoms with van der Waals surface area (Å²) in [5.74, 6) is 1.89. The van der Waals surface area contributed by atoms with Crippen molar-refractivity contribution < 1.29 is 0 Å². The van der Waals surface area contributed by atoms with E-state index < -0.39 is 0 Å². The molecule has 1 aliphatic heterocycles. The second-order valence-electron chi connectivity index (χ2n) is 4.44. The molecule has 1 saturated heterocycles. The van der Waals surface area contributed by atoms with E-state index >= 15 is 0 Å². The molecule has 68 valence electrons. The average molecular weight is 165 g/mol. The third-order valence-electron chi connectivity index (χ3n) is 3.55. The van der Waals surface area contributed by atoms with Crippen LogP contribution < -0.4 is 0 Å². The summed E-state index contributed by atoms with van der Waals surface area (Å²) in [7, 11) is 2.25. The quantitative estimate of drug-likeness (QED) is 0.498. The monoisotopic (exact) mass is 165 g/mol. The van der Waals surface area contributed by atoms with Gasteiger partial charge in [0.25, 0.3) is 0 Å². The molecule has 0 aromatic carbocycles. The lowest BCUT2D eigenvalue weighted by Gasteiger charge is -2.39. The highest BCUT2D eigenvalue weighted by molar-refractivity contribution is 5.11. The van der Waals surface area contributed by atoms with Crippen molar-refractivity contribution in [1.29, 1.82) is 0 Å². The molecular weight excluding hydrogens is 146 g/mol. The molecule has 1 aliphatic carbocycles. The van der Waals surface area contributed by atoms with Gasteiger partial charge < -0.3 is 4.90 Å². The van der Waals surface area contributed by atoms with Crippen molar-refractivity contribution in [1.82, 2.24) is 4.90 Å². The van der Waals surface area contributed by atoms with Gasteiger partial charge in [-0.15, -0.1) is 0 Å². The zero-order valence-corrected chi connectivity index (χ0v) is 8.21. The minimum atomic E-state index is 0.887. The number of fused-ring (bicyclic) bond motifs is 1. The molecule has 1 heteroatoms. The minimum Gasteiger partial charge on any atom is -0.306 e. The molecule has 0 spiro atoms. The van der Waals surface area contributed by atoms with Crippen LogP contribution in [0.1, 0.15) is 26.2 Å². The van der Waals surface area contributed by atoms with E-state index in [9.17, 15) is 0 Å². The van der Waals surface area contributed by atoms with E-state index in [1.54, 1.807) is 5.57 Å². The number of allylic oxidation sites excluding steroid dienone is 1. The van der Waals surface area contributed by atoms with Crippen molar-refractivity contribution in [2.45, 2.75) is 26.2 Å². The molecule has 0 amide bonds. The van der Waals surface area contributed by atoms with E-state index in [4.69, 9.17) is 0 Å². The highest BCUT2D eigenvalue weighted by Crippen LogP contribution is 2.35. The lowest BCUT2D eigenvalue weighted by molar-refractivity contribution is 0.152. The van der Waals surface area contributed by atoms with Gasteiger partial charge in [0.1, 0.15) is 0 Å². The van der Waals surface area contributed by atoms with Crippen molar-refractivity contribution in [3.63, 3.8) is 0 Å². The van der Waals surface area contributed by atoms with E-state index in [0.717, 1.165) is 11.8 Å². The molecule has 2 aliphatic rings. The van der Waals surface area contributed by atoms with E-state index in [1.165, 1.54) is 32.4 Å². The van der Waals surface area contributed by atoms with Crippen LogP contribution in [0.5, 0.6) is 0 Å². The third kappa shape index (κ3) is 1.42. The Balaban J connectivity index is 2.10. The molecule has 0 aromatic rings. The molecule has 1 fully saturated rings. The molecule has 0 N–H and O–H groups in total. The largest absolute Gasteiger partial charge is 0.306 e. The Hall–Kier alpha value is -0.300. The van der Waals surface area contributed by atoms with E-state index in [0.29, 0.717) is 0 Å². The Kier molecular flexibility index (Phi) is 2.22. The van der Waals surface area contributed by atoms with Gasteiger partial charge in [-0.2, -0.15) is 0 Å². The van der Waals surface area contributed by atoms with Gasteiger partial charge in [-0.25, -0.2) is 0 Å². The number of rotatable bonds is 0. The third-order valence-corrected chi connectivity index (χ3v) is 3.55. The number of hydrogen-bond donors (Lipinski definition) is 0. The molecule has 2 atom stereocenters. The smallest absolute Gasteiger partial charge is 0.00465 e. The number of piperidine rings is 1.